The molecule has 0 saturated carbocycles. The lowest BCUT2D eigenvalue weighted by Crippen LogP contribution is -2.30. The molecule has 2 rings (SSSR count). The minimum atomic E-state index is 0.611. The standard InChI is InChI=1S/C12H13N3/c1-10-4-6-15(7-5-10)12-3-2-11(8-13)9-14-12/h2-3,9H,1,4-7H2. The van der Waals surface area contributed by atoms with Gasteiger partial charge in [-0.3, -0.25) is 0 Å². The molecule has 1 aromatic rings. The summed E-state index contributed by atoms with van der Waals surface area (Å²) in [7, 11) is 0. The molecule has 1 aliphatic rings. The maximum atomic E-state index is 8.66. The van der Waals surface area contributed by atoms with Crippen molar-refractivity contribution in [2.45, 2.75) is 12.8 Å². The Bertz CT molecular complexity index is 390. The molecular weight excluding hydrogens is 186 g/mol. The first kappa shape index (κ1) is 9.72. The van der Waals surface area contributed by atoms with Gasteiger partial charge in [0, 0.05) is 19.3 Å². The summed E-state index contributed by atoms with van der Waals surface area (Å²) in [4.78, 5) is 6.50. The zero-order chi connectivity index (χ0) is 10.7. The third-order valence-electron chi connectivity index (χ3n) is 2.67. The molecule has 3 nitrogen and oxygen atoms in total. The average molecular weight is 199 g/mol. The fourth-order valence-electron chi connectivity index (χ4n) is 1.69. The fraction of sp³-hybridized carbons (Fsp3) is 0.333. The minimum absolute atomic E-state index is 0.611. The molecule has 2 heterocycles. The van der Waals surface area contributed by atoms with E-state index in [0.29, 0.717) is 5.56 Å². The van der Waals surface area contributed by atoms with Crippen molar-refractivity contribution >= 4 is 5.82 Å². The van der Waals surface area contributed by atoms with E-state index < -0.39 is 0 Å². The normalized spacial score (nSPS) is 16.2. The van der Waals surface area contributed by atoms with Gasteiger partial charge in [0.25, 0.3) is 0 Å². The van der Waals surface area contributed by atoms with E-state index in [-0.39, 0.29) is 0 Å². The van der Waals surface area contributed by atoms with E-state index in [1.165, 1.54) is 5.57 Å². The van der Waals surface area contributed by atoms with Gasteiger partial charge in [0.05, 0.1) is 5.56 Å². The Balaban J connectivity index is 2.10. The Hall–Kier alpha value is -1.82. The molecule has 0 unspecified atom stereocenters. The van der Waals surface area contributed by atoms with Crippen molar-refractivity contribution in [3.63, 3.8) is 0 Å². The SMILES string of the molecule is C=C1CCN(c2ccc(C#N)cn2)CC1. The average Bonchev–Trinajstić information content (AvgIpc) is 2.30. The van der Waals surface area contributed by atoms with Crippen molar-refractivity contribution in [1.82, 2.24) is 4.98 Å². The minimum Gasteiger partial charge on any atom is -0.356 e. The summed E-state index contributed by atoms with van der Waals surface area (Å²) in [6.07, 6.45) is 3.71. The second-order valence-corrected chi connectivity index (χ2v) is 3.75. The van der Waals surface area contributed by atoms with Gasteiger partial charge in [0.15, 0.2) is 0 Å². The zero-order valence-electron chi connectivity index (χ0n) is 8.61. The van der Waals surface area contributed by atoms with Crippen LogP contribution in [-0.2, 0) is 0 Å². The molecule has 0 aliphatic carbocycles. The number of nitriles is 1. The first-order valence-corrected chi connectivity index (χ1v) is 5.07. The first-order chi connectivity index (χ1) is 7.29. The van der Waals surface area contributed by atoms with Crippen LogP contribution in [-0.4, -0.2) is 18.1 Å². The molecule has 15 heavy (non-hydrogen) atoms. The smallest absolute Gasteiger partial charge is 0.128 e. The van der Waals surface area contributed by atoms with Gasteiger partial charge >= 0.3 is 0 Å². The summed E-state index contributed by atoms with van der Waals surface area (Å²) in [5, 5.41) is 8.66. The zero-order valence-corrected chi connectivity index (χ0v) is 8.61. The van der Waals surface area contributed by atoms with Crippen LogP contribution < -0.4 is 4.90 Å². The number of rotatable bonds is 1. The Labute approximate surface area is 89.7 Å². The number of pyridine rings is 1. The summed E-state index contributed by atoms with van der Waals surface area (Å²) >= 11 is 0. The summed E-state index contributed by atoms with van der Waals surface area (Å²) in [5.41, 5.74) is 1.93. The third kappa shape index (κ3) is 2.16. The van der Waals surface area contributed by atoms with Gasteiger partial charge in [-0.1, -0.05) is 12.2 Å². The monoisotopic (exact) mass is 199 g/mol. The van der Waals surface area contributed by atoms with Gasteiger partial charge in [-0.05, 0) is 25.0 Å². The van der Waals surface area contributed by atoms with Gasteiger partial charge in [-0.25, -0.2) is 4.98 Å². The molecule has 3 heteroatoms. The van der Waals surface area contributed by atoms with Crippen molar-refractivity contribution in [2.24, 2.45) is 0 Å². The van der Waals surface area contributed by atoms with Crippen LogP contribution in [0.2, 0.25) is 0 Å². The molecule has 0 N–H and O–H groups in total. The lowest BCUT2D eigenvalue weighted by Gasteiger charge is -2.28. The van der Waals surface area contributed by atoms with Crippen molar-refractivity contribution in [3.05, 3.63) is 36.0 Å². The first-order valence-electron chi connectivity index (χ1n) is 5.07. The van der Waals surface area contributed by atoms with Crippen molar-refractivity contribution in [1.29, 1.82) is 5.26 Å². The Morgan fingerprint density at radius 2 is 2.07 bits per heavy atom. The maximum Gasteiger partial charge on any atom is 0.128 e. The second-order valence-electron chi connectivity index (χ2n) is 3.75. The molecule has 1 aromatic heterocycles. The van der Waals surface area contributed by atoms with Crippen LogP contribution in [0.3, 0.4) is 0 Å². The summed E-state index contributed by atoms with van der Waals surface area (Å²) in [6.45, 7) is 5.95. The molecule has 76 valence electrons. The van der Waals surface area contributed by atoms with Gasteiger partial charge in [0.1, 0.15) is 11.9 Å². The topological polar surface area (TPSA) is 39.9 Å². The van der Waals surface area contributed by atoms with Crippen LogP contribution in [0, 0.1) is 11.3 Å². The molecule has 0 atom stereocenters. The van der Waals surface area contributed by atoms with E-state index in [9.17, 15) is 0 Å². The van der Waals surface area contributed by atoms with E-state index >= 15 is 0 Å². The van der Waals surface area contributed by atoms with Crippen molar-refractivity contribution in [3.8, 4) is 6.07 Å². The number of aromatic nitrogens is 1. The molecule has 1 saturated heterocycles. The van der Waals surface area contributed by atoms with Crippen LogP contribution >= 0.6 is 0 Å². The highest BCUT2D eigenvalue weighted by Crippen LogP contribution is 2.19. The van der Waals surface area contributed by atoms with E-state index in [0.717, 1.165) is 31.7 Å². The third-order valence-corrected chi connectivity index (χ3v) is 2.67. The fourth-order valence-corrected chi connectivity index (χ4v) is 1.69. The molecule has 0 radical (unpaired) electrons. The van der Waals surface area contributed by atoms with E-state index in [2.05, 4.69) is 22.5 Å². The van der Waals surface area contributed by atoms with Gasteiger partial charge in [-0.15, -0.1) is 0 Å². The quantitative estimate of drug-likeness (QED) is 0.650. The van der Waals surface area contributed by atoms with Gasteiger partial charge in [0.2, 0.25) is 0 Å². The molecule has 1 aliphatic heterocycles. The van der Waals surface area contributed by atoms with Crippen LogP contribution in [0.4, 0.5) is 5.82 Å². The highest BCUT2D eigenvalue weighted by atomic mass is 15.2. The number of piperidine rings is 1. The van der Waals surface area contributed by atoms with Gasteiger partial charge < -0.3 is 4.90 Å². The molecule has 0 spiro atoms. The van der Waals surface area contributed by atoms with Crippen LogP contribution in [0.15, 0.2) is 30.5 Å². The lowest BCUT2D eigenvalue weighted by atomic mass is 10.1. The molecule has 0 amide bonds. The largest absolute Gasteiger partial charge is 0.356 e. The van der Waals surface area contributed by atoms with Crippen molar-refractivity contribution < 1.29 is 0 Å². The highest BCUT2D eigenvalue weighted by molar-refractivity contribution is 5.42. The van der Waals surface area contributed by atoms with E-state index in [1.54, 1.807) is 6.20 Å². The van der Waals surface area contributed by atoms with Crippen LogP contribution in [0.25, 0.3) is 0 Å². The van der Waals surface area contributed by atoms with Crippen LogP contribution in [0.5, 0.6) is 0 Å². The maximum absolute atomic E-state index is 8.66. The molecule has 1 fully saturated rings. The summed E-state index contributed by atoms with van der Waals surface area (Å²) in [6, 6.07) is 5.79. The van der Waals surface area contributed by atoms with E-state index in [4.69, 9.17) is 5.26 Å². The number of anilines is 1. The molecule has 0 bridgehead atoms. The van der Waals surface area contributed by atoms with E-state index in [1.807, 2.05) is 12.1 Å². The summed E-state index contributed by atoms with van der Waals surface area (Å²) in [5.74, 6) is 0.960. The molecule has 0 aromatic carbocycles. The molecular formula is C12H13N3. The predicted molar refractivity (Wildman–Crippen MR) is 59.5 cm³/mol. The Kier molecular flexibility index (Phi) is 2.68. The predicted octanol–water partition coefficient (Wildman–Crippen LogP) is 2.11. The van der Waals surface area contributed by atoms with Gasteiger partial charge in [-0.2, -0.15) is 5.26 Å². The van der Waals surface area contributed by atoms with Crippen molar-refractivity contribution in [2.75, 3.05) is 18.0 Å². The summed E-state index contributed by atoms with van der Waals surface area (Å²) < 4.78 is 0. The Morgan fingerprint density at radius 1 is 1.33 bits per heavy atom. The number of nitrogens with zero attached hydrogens (tertiary/aromatic N) is 3. The number of hydrogen-bond acceptors (Lipinski definition) is 3. The number of hydrogen-bond donors (Lipinski definition) is 0. The second kappa shape index (κ2) is 4.14. The highest BCUT2D eigenvalue weighted by Gasteiger charge is 2.13. The lowest BCUT2D eigenvalue weighted by molar-refractivity contribution is 0.679. The Morgan fingerprint density at radius 3 is 2.60 bits per heavy atom. The van der Waals surface area contributed by atoms with Crippen LogP contribution in [0.1, 0.15) is 18.4 Å².